The van der Waals surface area contributed by atoms with Gasteiger partial charge in [0.1, 0.15) is 5.82 Å². The number of nitrogens with zero attached hydrogens (tertiary/aromatic N) is 2. The van der Waals surface area contributed by atoms with E-state index in [2.05, 4.69) is 5.10 Å². The van der Waals surface area contributed by atoms with Gasteiger partial charge in [0.25, 0.3) is 0 Å². The van der Waals surface area contributed by atoms with E-state index in [0.29, 0.717) is 5.82 Å². The quantitative estimate of drug-likeness (QED) is 0.522. The molecule has 0 saturated carbocycles. The summed E-state index contributed by atoms with van der Waals surface area (Å²) >= 11 is 0. The Hall–Kier alpha value is -1.06. The summed E-state index contributed by atoms with van der Waals surface area (Å²) in [5.74, 6) is -0.201. The van der Waals surface area contributed by atoms with Crippen molar-refractivity contribution in [3.8, 4) is 0 Å². The molecule has 0 radical (unpaired) electrons. The second-order valence-electron chi connectivity index (χ2n) is 1.52. The summed E-state index contributed by atoms with van der Waals surface area (Å²) < 4.78 is 13.2. The highest BCUT2D eigenvalue weighted by Crippen LogP contribution is 2.00. The van der Waals surface area contributed by atoms with Crippen LogP contribution >= 0.6 is 0 Å². The maximum atomic E-state index is 12.0. The van der Waals surface area contributed by atoms with Crippen molar-refractivity contribution in [1.82, 2.24) is 9.78 Å². The minimum Gasteiger partial charge on any atom is -0.384 e. The molecule has 0 bridgehead atoms. The second-order valence-corrected chi connectivity index (χ2v) is 1.52. The summed E-state index contributed by atoms with van der Waals surface area (Å²) in [6.07, 6.45) is 0. The molecule has 0 aliphatic carbocycles. The SMILES string of the molecule is Cn1nc(F)cc1N. The van der Waals surface area contributed by atoms with Crippen LogP contribution in [0.5, 0.6) is 0 Å². The number of rotatable bonds is 0. The number of aromatic nitrogens is 2. The molecule has 0 aliphatic rings. The average Bonchev–Trinajstić information content (AvgIpc) is 1.85. The summed E-state index contributed by atoms with van der Waals surface area (Å²) in [5.41, 5.74) is 5.20. The van der Waals surface area contributed by atoms with Crippen LogP contribution in [0.4, 0.5) is 10.2 Å². The molecule has 1 aromatic heterocycles. The highest BCUT2D eigenvalue weighted by molar-refractivity contribution is 5.25. The molecular weight excluding hydrogens is 109 g/mol. The highest BCUT2D eigenvalue weighted by atomic mass is 19.1. The third-order valence-electron chi connectivity index (χ3n) is 0.886. The first-order chi connectivity index (χ1) is 3.70. The summed E-state index contributed by atoms with van der Waals surface area (Å²) in [5, 5.41) is 3.34. The van der Waals surface area contributed by atoms with E-state index >= 15 is 0 Å². The van der Waals surface area contributed by atoms with Crippen molar-refractivity contribution in [1.29, 1.82) is 0 Å². The van der Waals surface area contributed by atoms with Gasteiger partial charge in [-0.3, -0.25) is 4.68 Å². The lowest BCUT2D eigenvalue weighted by Crippen LogP contribution is -1.96. The van der Waals surface area contributed by atoms with Crippen LogP contribution in [-0.2, 0) is 7.05 Å². The summed E-state index contributed by atoms with van der Waals surface area (Å²) in [4.78, 5) is 0. The molecule has 3 nitrogen and oxygen atoms in total. The molecule has 0 saturated heterocycles. The maximum Gasteiger partial charge on any atom is 0.234 e. The van der Waals surface area contributed by atoms with Gasteiger partial charge in [0.2, 0.25) is 5.95 Å². The Labute approximate surface area is 45.9 Å². The normalized spacial score (nSPS) is 9.75. The first-order valence-electron chi connectivity index (χ1n) is 2.15. The van der Waals surface area contributed by atoms with Gasteiger partial charge in [0, 0.05) is 13.1 Å². The van der Waals surface area contributed by atoms with Crippen LogP contribution in [0.25, 0.3) is 0 Å². The molecule has 2 N–H and O–H groups in total. The smallest absolute Gasteiger partial charge is 0.234 e. The van der Waals surface area contributed by atoms with Crippen LogP contribution < -0.4 is 5.73 Å². The zero-order valence-corrected chi connectivity index (χ0v) is 4.43. The topological polar surface area (TPSA) is 43.8 Å². The van der Waals surface area contributed by atoms with E-state index < -0.39 is 5.95 Å². The fourth-order valence-corrected chi connectivity index (χ4v) is 0.445. The third-order valence-corrected chi connectivity index (χ3v) is 0.886. The fraction of sp³-hybridized carbons (Fsp3) is 0.250. The predicted octanol–water partition coefficient (Wildman–Crippen LogP) is 0.141. The maximum absolute atomic E-state index is 12.0. The van der Waals surface area contributed by atoms with Gasteiger partial charge in [-0.15, -0.1) is 5.10 Å². The number of halogens is 1. The molecule has 1 heterocycles. The lowest BCUT2D eigenvalue weighted by molar-refractivity contribution is 0.554. The Morgan fingerprint density at radius 3 is 2.62 bits per heavy atom. The summed E-state index contributed by atoms with van der Waals surface area (Å²) in [6.45, 7) is 0. The lowest BCUT2D eigenvalue weighted by atomic mass is 10.6. The predicted molar refractivity (Wildman–Crippen MR) is 27.6 cm³/mol. The van der Waals surface area contributed by atoms with Crippen molar-refractivity contribution in [2.75, 3.05) is 5.73 Å². The van der Waals surface area contributed by atoms with E-state index in [1.165, 1.54) is 10.7 Å². The van der Waals surface area contributed by atoms with Crippen LogP contribution in [0.1, 0.15) is 0 Å². The van der Waals surface area contributed by atoms with E-state index in [-0.39, 0.29) is 0 Å². The molecule has 0 atom stereocenters. The Kier molecular flexibility index (Phi) is 0.932. The van der Waals surface area contributed by atoms with E-state index in [9.17, 15) is 4.39 Å². The molecule has 0 fully saturated rings. The highest BCUT2D eigenvalue weighted by Gasteiger charge is 1.96. The molecule has 1 rings (SSSR count). The Bertz CT molecular complexity index is 174. The van der Waals surface area contributed by atoms with Crippen molar-refractivity contribution in [2.24, 2.45) is 7.05 Å². The van der Waals surface area contributed by atoms with E-state index in [0.717, 1.165) is 0 Å². The van der Waals surface area contributed by atoms with Gasteiger partial charge in [-0.05, 0) is 0 Å². The van der Waals surface area contributed by atoms with Crippen LogP contribution in [0, 0.1) is 5.95 Å². The van der Waals surface area contributed by atoms with Gasteiger partial charge < -0.3 is 5.73 Å². The van der Waals surface area contributed by atoms with Gasteiger partial charge in [-0.2, -0.15) is 4.39 Å². The third kappa shape index (κ3) is 0.641. The molecule has 0 aliphatic heterocycles. The molecule has 44 valence electrons. The zero-order chi connectivity index (χ0) is 6.15. The molecule has 0 unspecified atom stereocenters. The van der Waals surface area contributed by atoms with Crippen molar-refractivity contribution >= 4 is 5.82 Å². The molecule has 8 heavy (non-hydrogen) atoms. The first-order valence-corrected chi connectivity index (χ1v) is 2.15. The van der Waals surface area contributed by atoms with Gasteiger partial charge in [-0.25, -0.2) is 0 Å². The average molecular weight is 115 g/mol. The number of anilines is 1. The van der Waals surface area contributed by atoms with Gasteiger partial charge >= 0.3 is 0 Å². The summed E-state index contributed by atoms with van der Waals surface area (Å²) in [6, 6.07) is 1.17. The molecular formula is C4H6FN3. The Morgan fingerprint density at radius 2 is 2.50 bits per heavy atom. The monoisotopic (exact) mass is 115 g/mol. The van der Waals surface area contributed by atoms with Gasteiger partial charge in [-0.1, -0.05) is 0 Å². The molecule has 0 amide bonds. The molecule has 0 aromatic carbocycles. The van der Waals surface area contributed by atoms with Gasteiger partial charge in [0.05, 0.1) is 0 Å². The van der Waals surface area contributed by atoms with Crippen LogP contribution in [-0.4, -0.2) is 9.78 Å². The molecule has 1 aromatic rings. The van der Waals surface area contributed by atoms with Crippen molar-refractivity contribution in [3.05, 3.63) is 12.0 Å². The van der Waals surface area contributed by atoms with Crippen LogP contribution in [0.3, 0.4) is 0 Å². The second kappa shape index (κ2) is 1.47. The minimum absolute atomic E-state index is 0.336. The van der Waals surface area contributed by atoms with Crippen molar-refractivity contribution in [3.63, 3.8) is 0 Å². The largest absolute Gasteiger partial charge is 0.384 e. The number of hydrogen-bond acceptors (Lipinski definition) is 2. The van der Waals surface area contributed by atoms with E-state index in [1.807, 2.05) is 0 Å². The van der Waals surface area contributed by atoms with Crippen LogP contribution in [0.2, 0.25) is 0 Å². The fourth-order valence-electron chi connectivity index (χ4n) is 0.445. The van der Waals surface area contributed by atoms with Gasteiger partial charge in [0.15, 0.2) is 0 Å². The van der Waals surface area contributed by atoms with E-state index in [4.69, 9.17) is 5.73 Å². The summed E-state index contributed by atoms with van der Waals surface area (Å²) in [7, 11) is 1.58. The zero-order valence-electron chi connectivity index (χ0n) is 4.43. The Morgan fingerprint density at radius 1 is 1.88 bits per heavy atom. The standard InChI is InChI=1S/C4H6FN3/c1-8-4(6)2-3(5)7-8/h2H,6H2,1H3. The van der Waals surface area contributed by atoms with Crippen LogP contribution in [0.15, 0.2) is 6.07 Å². The van der Waals surface area contributed by atoms with Crippen molar-refractivity contribution in [2.45, 2.75) is 0 Å². The first kappa shape index (κ1) is 5.08. The molecule has 4 heteroatoms. The number of hydrogen-bond donors (Lipinski definition) is 1. The number of nitrogen functional groups attached to an aromatic ring is 1. The molecule has 0 spiro atoms. The number of aryl methyl sites for hydroxylation is 1. The Balaban J connectivity index is 3.14. The van der Waals surface area contributed by atoms with Crippen molar-refractivity contribution < 1.29 is 4.39 Å². The number of nitrogens with two attached hydrogens (primary N) is 1. The minimum atomic E-state index is -0.537. The lowest BCUT2D eigenvalue weighted by Gasteiger charge is -1.87. The van der Waals surface area contributed by atoms with E-state index in [1.54, 1.807) is 7.05 Å².